The monoisotopic (exact) mass is 336 g/mol. The summed E-state index contributed by atoms with van der Waals surface area (Å²) in [5, 5.41) is 4.11. The van der Waals surface area contributed by atoms with E-state index >= 15 is 0 Å². The molecule has 1 N–H and O–H groups in total. The van der Waals surface area contributed by atoms with Gasteiger partial charge >= 0.3 is 0 Å². The first-order valence-electron chi connectivity index (χ1n) is 8.44. The molecular formula is C19H20N4O2. The predicted molar refractivity (Wildman–Crippen MR) is 94.1 cm³/mol. The van der Waals surface area contributed by atoms with Crippen LogP contribution in [0.4, 0.5) is 0 Å². The van der Waals surface area contributed by atoms with Crippen LogP contribution in [0.5, 0.6) is 0 Å². The van der Waals surface area contributed by atoms with E-state index in [1.807, 2.05) is 48.1 Å². The molecular weight excluding hydrogens is 316 g/mol. The van der Waals surface area contributed by atoms with Gasteiger partial charge in [0, 0.05) is 36.8 Å². The molecule has 1 fully saturated rings. The number of aryl methyl sites for hydroxylation is 1. The molecule has 6 nitrogen and oxygen atoms in total. The molecule has 2 aromatic heterocycles. The minimum Gasteiger partial charge on any atom is -0.372 e. The Hall–Kier alpha value is -2.73. The van der Waals surface area contributed by atoms with E-state index in [9.17, 15) is 4.79 Å². The third kappa shape index (κ3) is 3.25. The molecule has 3 aromatic rings. The molecule has 2 atom stereocenters. The molecule has 0 unspecified atom stereocenters. The Morgan fingerprint density at radius 2 is 2.28 bits per heavy atom. The third-order valence-electron chi connectivity index (χ3n) is 4.67. The van der Waals surface area contributed by atoms with Gasteiger partial charge in [0.25, 0.3) is 5.91 Å². The highest BCUT2D eigenvalue weighted by Crippen LogP contribution is 2.27. The van der Waals surface area contributed by atoms with Crippen molar-refractivity contribution in [2.75, 3.05) is 6.61 Å². The van der Waals surface area contributed by atoms with Gasteiger partial charge in [-0.2, -0.15) is 0 Å². The summed E-state index contributed by atoms with van der Waals surface area (Å²) in [5.41, 5.74) is 2.58. The van der Waals surface area contributed by atoms with Crippen LogP contribution in [0.15, 0.2) is 49.1 Å². The number of hydrogen-bond donors (Lipinski definition) is 1. The van der Waals surface area contributed by atoms with Gasteiger partial charge in [0.05, 0.1) is 23.7 Å². The molecule has 1 amide bonds. The minimum atomic E-state index is -0.0543. The van der Waals surface area contributed by atoms with Gasteiger partial charge in [-0.3, -0.25) is 9.78 Å². The van der Waals surface area contributed by atoms with Crippen molar-refractivity contribution in [2.45, 2.75) is 25.0 Å². The molecule has 1 saturated heterocycles. The van der Waals surface area contributed by atoms with Crippen LogP contribution in [0.25, 0.3) is 10.9 Å². The number of rotatable bonds is 3. The van der Waals surface area contributed by atoms with E-state index in [1.165, 1.54) is 0 Å². The Labute approximate surface area is 145 Å². The molecule has 3 heterocycles. The van der Waals surface area contributed by atoms with Gasteiger partial charge in [-0.05, 0) is 37.1 Å². The topological polar surface area (TPSA) is 69.0 Å². The van der Waals surface area contributed by atoms with Crippen LogP contribution in [0.3, 0.4) is 0 Å². The summed E-state index contributed by atoms with van der Waals surface area (Å²) in [5.74, 6) is -0.0543. The largest absolute Gasteiger partial charge is 0.372 e. The summed E-state index contributed by atoms with van der Waals surface area (Å²) >= 11 is 0. The molecule has 1 aromatic carbocycles. The maximum absolute atomic E-state index is 12.6. The van der Waals surface area contributed by atoms with E-state index in [1.54, 1.807) is 12.5 Å². The lowest BCUT2D eigenvalue weighted by Crippen LogP contribution is -2.40. The fraction of sp³-hybridized carbons (Fsp3) is 0.316. The van der Waals surface area contributed by atoms with Gasteiger partial charge in [-0.25, -0.2) is 4.98 Å². The average Bonchev–Trinajstić information content (AvgIpc) is 3.07. The summed E-state index contributed by atoms with van der Waals surface area (Å²) < 4.78 is 7.82. The lowest BCUT2D eigenvalue weighted by atomic mass is 10.0. The molecule has 6 heteroatoms. The number of benzene rings is 1. The van der Waals surface area contributed by atoms with Gasteiger partial charge in [-0.15, -0.1) is 0 Å². The van der Waals surface area contributed by atoms with Crippen molar-refractivity contribution in [3.05, 3.63) is 60.3 Å². The quantitative estimate of drug-likeness (QED) is 0.798. The second-order valence-corrected chi connectivity index (χ2v) is 6.39. The average molecular weight is 336 g/mol. The molecule has 4 rings (SSSR count). The highest BCUT2D eigenvalue weighted by molar-refractivity contribution is 5.98. The maximum Gasteiger partial charge on any atom is 0.251 e. The number of nitrogens with one attached hydrogen (secondary N) is 1. The molecule has 0 bridgehead atoms. The molecule has 25 heavy (non-hydrogen) atoms. The summed E-state index contributed by atoms with van der Waals surface area (Å²) in [4.78, 5) is 21.1. The number of carbonyl (C=O) groups is 1. The highest BCUT2D eigenvalue weighted by atomic mass is 16.5. The molecule has 0 saturated carbocycles. The predicted octanol–water partition coefficient (Wildman–Crippen LogP) is 2.62. The fourth-order valence-electron chi connectivity index (χ4n) is 3.30. The minimum absolute atomic E-state index is 0.0349. The first-order valence-corrected chi connectivity index (χ1v) is 8.44. The molecule has 0 spiro atoms. The summed E-state index contributed by atoms with van der Waals surface area (Å²) in [6.45, 7) is 0.627. The number of hydrogen-bond acceptors (Lipinski definition) is 4. The van der Waals surface area contributed by atoms with Crippen molar-refractivity contribution in [3.63, 3.8) is 0 Å². The first-order chi connectivity index (χ1) is 12.2. The Bertz CT molecular complexity index is 905. The summed E-state index contributed by atoms with van der Waals surface area (Å²) in [7, 11) is 1.96. The number of carbonyl (C=O) groups excluding carboxylic acids is 1. The van der Waals surface area contributed by atoms with Gasteiger partial charge in [-0.1, -0.05) is 6.07 Å². The van der Waals surface area contributed by atoms with Crippen LogP contribution in [0.2, 0.25) is 0 Å². The van der Waals surface area contributed by atoms with Gasteiger partial charge in [0.1, 0.15) is 6.10 Å². The SMILES string of the molecule is Cn1cncc1[C@@H]1C[C@@H](NC(=O)c2ccc3ncccc3c2)CCO1. The van der Waals surface area contributed by atoms with Crippen molar-refractivity contribution in [1.29, 1.82) is 0 Å². The number of pyridine rings is 1. The molecule has 0 radical (unpaired) electrons. The lowest BCUT2D eigenvalue weighted by Gasteiger charge is -2.30. The zero-order valence-corrected chi connectivity index (χ0v) is 14.1. The Morgan fingerprint density at radius 1 is 1.36 bits per heavy atom. The smallest absolute Gasteiger partial charge is 0.251 e. The first kappa shape index (κ1) is 15.8. The number of amides is 1. The van der Waals surface area contributed by atoms with E-state index < -0.39 is 0 Å². The Morgan fingerprint density at radius 3 is 3.12 bits per heavy atom. The normalized spacial score (nSPS) is 20.5. The number of aromatic nitrogens is 3. The van der Waals surface area contributed by atoms with E-state index in [0.717, 1.165) is 29.4 Å². The second-order valence-electron chi connectivity index (χ2n) is 6.39. The molecule has 128 valence electrons. The van der Waals surface area contributed by atoms with Gasteiger partial charge in [0.2, 0.25) is 0 Å². The number of fused-ring (bicyclic) bond motifs is 1. The fourth-order valence-corrected chi connectivity index (χ4v) is 3.30. The Kier molecular flexibility index (Phi) is 4.19. The van der Waals surface area contributed by atoms with Gasteiger partial charge < -0.3 is 14.6 Å². The van der Waals surface area contributed by atoms with Gasteiger partial charge in [0.15, 0.2) is 0 Å². The highest BCUT2D eigenvalue weighted by Gasteiger charge is 2.27. The van der Waals surface area contributed by atoms with Crippen molar-refractivity contribution in [2.24, 2.45) is 7.05 Å². The summed E-state index contributed by atoms with van der Waals surface area (Å²) in [6, 6.07) is 9.52. The second kappa shape index (κ2) is 6.64. The Balaban J connectivity index is 1.47. The molecule has 1 aliphatic rings. The van der Waals surface area contributed by atoms with Crippen molar-refractivity contribution in [3.8, 4) is 0 Å². The third-order valence-corrected chi connectivity index (χ3v) is 4.67. The van der Waals surface area contributed by atoms with E-state index in [-0.39, 0.29) is 18.1 Å². The molecule has 1 aliphatic heterocycles. The van der Waals surface area contributed by atoms with Crippen molar-refractivity contribution < 1.29 is 9.53 Å². The zero-order valence-electron chi connectivity index (χ0n) is 14.1. The number of imidazole rings is 1. The summed E-state index contributed by atoms with van der Waals surface area (Å²) in [6.07, 6.45) is 6.88. The standard InChI is InChI=1S/C19H20N4O2/c1-23-12-20-11-17(23)18-10-15(6-8-25-18)22-19(24)14-4-5-16-13(9-14)3-2-7-21-16/h2-5,7,9,11-12,15,18H,6,8,10H2,1H3,(H,22,24)/t15-,18-/m0/s1. The van der Waals surface area contributed by atoms with Crippen LogP contribution in [0, 0.1) is 0 Å². The number of nitrogens with zero attached hydrogens (tertiary/aromatic N) is 3. The maximum atomic E-state index is 12.6. The van der Waals surface area contributed by atoms with Crippen LogP contribution in [-0.4, -0.2) is 33.1 Å². The van der Waals surface area contributed by atoms with Crippen molar-refractivity contribution >= 4 is 16.8 Å². The van der Waals surface area contributed by atoms with Crippen LogP contribution < -0.4 is 5.32 Å². The van der Waals surface area contributed by atoms with E-state index in [4.69, 9.17) is 4.74 Å². The van der Waals surface area contributed by atoms with Crippen LogP contribution in [-0.2, 0) is 11.8 Å². The molecule has 0 aliphatic carbocycles. The van der Waals surface area contributed by atoms with E-state index in [2.05, 4.69) is 15.3 Å². The number of ether oxygens (including phenoxy) is 1. The lowest BCUT2D eigenvalue weighted by molar-refractivity contribution is -0.00301. The zero-order chi connectivity index (χ0) is 17.2. The van der Waals surface area contributed by atoms with Crippen LogP contribution in [0.1, 0.15) is 35.0 Å². The van der Waals surface area contributed by atoms with E-state index in [0.29, 0.717) is 12.2 Å². The van der Waals surface area contributed by atoms with Crippen molar-refractivity contribution in [1.82, 2.24) is 19.9 Å². The van der Waals surface area contributed by atoms with Crippen LogP contribution >= 0.6 is 0 Å².